The van der Waals surface area contributed by atoms with Crippen LogP contribution in [0, 0.1) is 0 Å². The third-order valence-corrected chi connectivity index (χ3v) is 3.55. The highest BCUT2D eigenvalue weighted by Crippen LogP contribution is 2.31. The van der Waals surface area contributed by atoms with Gasteiger partial charge in [-0.3, -0.25) is 4.79 Å². The first kappa shape index (κ1) is 16.8. The Morgan fingerprint density at radius 1 is 1.50 bits per heavy atom. The van der Waals surface area contributed by atoms with Crippen molar-refractivity contribution in [2.75, 3.05) is 6.61 Å². The molecule has 2 atom stereocenters. The molecule has 0 radical (unpaired) electrons. The number of fused-ring (bicyclic) bond motifs is 1. The quantitative estimate of drug-likeness (QED) is 0.898. The second kappa shape index (κ2) is 6.95. The highest BCUT2D eigenvalue weighted by atomic mass is 35.5. The number of hydrogen-bond acceptors (Lipinski definition) is 3. The molecule has 0 aliphatic carbocycles. The Kier molecular flexibility index (Phi) is 5.84. The molecule has 112 valence electrons. The van der Waals surface area contributed by atoms with Crippen LogP contribution in [0.25, 0.3) is 0 Å². The van der Waals surface area contributed by atoms with E-state index in [1.165, 1.54) is 0 Å². The van der Waals surface area contributed by atoms with Crippen molar-refractivity contribution in [1.82, 2.24) is 5.32 Å². The number of nitrogens with one attached hydrogen (secondary N) is 1. The van der Waals surface area contributed by atoms with Crippen molar-refractivity contribution in [3.05, 3.63) is 29.8 Å². The Bertz CT molecular complexity index is 463. The van der Waals surface area contributed by atoms with Crippen LogP contribution in [0.1, 0.15) is 44.7 Å². The van der Waals surface area contributed by atoms with E-state index in [0.29, 0.717) is 13.0 Å². The standard InChI is InChI=1S/C15H22N2O2.ClH/c1-3-9-15(2,16)14(18)17-12-8-10-19-13-7-5-4-6-11(12)13;/h4-7,12H,3,8-10,16H2,1-2H3,(H,17,18);1H. The fraction of sp³-hybridized carbons (Fsp3) is 0.533. The average Bonchev–Trinajstić information content (AvgIpc) is 2.39. The minimum absolute atomic E-state index is 0. The summed E-state index contributed by atoms with van der Waals surface area (Å²) in [5, 5.41) is 3.06. The van der Waals surface area contributed by atoms with E-state index in [4.69, 9.17) is 10.5 Å². The van der Waals surface area contributed by atoms with Crippen molar-refractivity contribution in [2.24, 2.45) is 5.73 Å². The molecule has 0 saturated heterocycles. The molecule has 1 amide bonds. The molecule has 0 aromatic heterocycles. The van der Waals surface area contributed by atoms with Gasteiger partial charge in [-0.05, 0) is 19.4 Å². The maximum atomic E-state index is 12.3. The zero-order valence-corrected chi connectivity index (χ0v) is 12.8. The summed E-state index contributed by atoms with van der Waals surface area (Å²) in [6, 6.07) is 7.82. The number of ether oxygens (including phenoxy) is 1. The number of amides is 1. The van der Waals surface area contributed by atoms with Gasteiger partial charge < -0.3 is 15.8 Å². The first-order chi connectivity index (χ1) is 9.04. The summed E-state index contributed by atoms with van der Waals surface area (Å²) >= 11 is 0. The monoisotopic (exact) mass is 298 g/mol. The Morgan fingerprint density at radius 3 is 2.90 bits per heavy atom. The molecule has 0 bridgehead atoms. The van der Waals surface area contributed by atoms with Crippen LogP contribution in [0.3, 0.4) is 0 Å². The van der Waals surface area contributed by atoms with Crippen molar-refractivity contribution in [1.29, 1.82) is 0 Å². The molecule has 0 fully saturated rings. The summed E-state index contributed by atoms with van der Waals surface area (Å²) in [4.78, 5) is 12.3. The van der Waals surface area contributed by atoms with Gasteiger partial charge in [0.1, 0.15) is 5.75 Å². The second-order valence-corrected chi connectivity index (χ2v) is 5.37. The molecule has 1 heterocycles. The number of carbonyl (C=O) groups excluding carboxylic acids is 1. The van der Waals surface area contributed by atoms with Gasteiger partial charge in [0.2, 0.25) is 5.91 Å². The topological polar surface area (TPSA) is 64.4 Å². The Hall–Kier alpha value is -1.26. The van der Waals surface area contributed by atoms with E-state index in [-0.39, 0.29) is 24.4 Å². The molecule has 1 aromatic carbocycles. The predicted octanol–water partition coefficient (Wildman–Crippen LogP) is 2.57. The Balaban J connectivity index is 0.00000200. The van der Waals surface area contributed by atoms with Crippen LogP contribution in [0.4, 0.5) is 0 Å². The van der Waals surface area contributed by atoms with Crippen LogP contribution in [-0.4, -0.2) is 18.1 Å². The SMILES string of the molecule is CCCC(C)(N)C(=O)NC1CCOc2ccccc21.Cl. The third kappa shape index (κ3) is 3.64. The number of hydrogen-bond donors (Lipinski definition) is 2. The van der Waals surface area contributed by atoms with E-state index in [9.17, 15) is 4.79 Å². The van der Waals surface area contributed by atoms with Crippen molar-refractivity contribution >= 4 is 18.3 Å². The highest BCUT2D eigenvalue weighted by molar-refractivity contribution is 5.86. The largest absolute Gasteiger partial charge is 0.493 e. The van der Waals surface area contributed by atoms with E-state index in [1.807, 2.05) is 31.2 Å². The lowest BCUT2D eigenvalue weighted by Gasteiger charge is -2.30. The van der Waals surface area contributed by atoms with E-state index in [0.717, 1.165) is 24.2 Å². The maximum Gasteiger partial charge on any atom is 0.240 e. The molecule has 0 saturated carbocycles. The van der Waals surface area contributed by atoms with Crippen LogP contribution in [0.2, 0.25) is 0 Å². The first-order valence-electron chi connectivity index (χ1n) is 6.86. The first-order valence-corrected chi connectivity index (χ1v) is 6.86. The van der Waals surface area contributed by atoms with Crippen LogP contribution >= 0.6 is 12.4 Å². The van der Waals surface area contributed by atoms with Crippen molar-refractivity contribution in [3.8, 4) is 5.75 Å². The number of carbonyl (C=O) groups is 1. The normalized spacial score (nSPS) is 19.9. The summed E-state index contributed by atoms with van der Waals surface area (Å²) in [6.07, 6.45) is 2.36. The van der Waals surface area contributed by atoms with E-state index in [2.05, 4.69) is 5.32 Å². The van der Waals surface area contributed by atoms with Crippen molar-refractivity contribution < 1.29 is 9.53 Å². The molecular formula is C15H23ClN2O2. The van der Waals surface area contributed by atoms with Gasteiger partial charge in [0.15, 0.2) is 0 Å². The summed E-state index contributed by atoms with van der Waals surface area (Å²) < 4.78 is 5.59. The van der Waals surface area contributed by atoms with Gasteiger partial charge in [-0.1, -0.05) is 31.5 Å². The smallest absolute Gasteiger partial charge is 0.240 e. The van der Waals surface area contributed by atoms with E-state index < -0.39 is 5.54 Å². The van der Waals surface area contributed by atoms with Crippen LogP contribution in [-0.2, 0) is 4.79 Å². The molecule has 1 aromatic rings. The summed E-state index contributed by atoms with van der Waals surface area (Å²) in [7, 11) is 0. The lowest BCUT2D eigenvalue weighted by Crippen LogP contribution is -2.52. The third-order valence-electron chi connectivity index (χ3n) is 3.55. The molecular weight excluding hydrogens is 276 g/mol. The van der Waals surface area contributed by atoms with Crippen LogP contribution < -0.4 is 15.8 Å². The molecule has 1 aliphatic heterocycles. The highest BCUT2D eigenvalue weighted by Gasteiger charge is 2.31. The fourth-order valence-electron chi connectivity index (χ4n) is 2.45. The van der Waals surface area contributed by atoms with Crippen LogP contribution in [0.5, 0.6) is 5.75 Å². The molecule has 2 rings (SSSR count). The molecule has 4 nitrogen and oxygen atoms in total. The number of nitrogens with two attached hydrogens (primary N) is 1. The zero-order valence-electron chi connectivity index (χ0n) is 12.0. The van der Waals surface area contributed by atoms with Crippen molar-refractivity contribution in [3.63, 3.8) is 0 Å². The minimum Gasteiger partial charge on any atom is -0.493 e. The second-order valence-electron chi connectivity index (χ2n) is 5.37. The Labute approximate surface area is 126 Å². The predicted molar refractivity (Wildman–Crippen MR) is 82.2 cm³/mol. The van der Waals surface area contributed by atoms with E-state index >= 15 is 0 Å². The average molecular weight is 299 g/mol. The lowest BCUT2D eigenvalue weighted by molar-refractivity contribution is -0.127. The summed E-state index contributed by atoms with van der Waals surface area (Å²) in [5.74, 6) is 0.768. The molecule has 1 aliphatic rings. The zero-order chi connectivity index (χ0) is 13.9. The van der Waals surface area contributed by atoms with Crippen molar-refractivity contribution in [2.45, 2.75) is 44.7 Å². The van der Waals surface area contributed by atoms with Crippen LogP contribution in [0.15, 0.2) is 24.3 Å². The van der Waals surface area contributed by atoms with Gasteiger partial charge in [0.05, 0.1) is 18.2 Å². The summed E-state index contributed by atoms with van der Waals surface area (Å²) in [6.45, 7) is 4.44. The molecule has 0 spiro atoms. The fourth-order valence-corrected chi connectivity index (χ4v) is 2.45. The summed E-state index contributed by atoms with van der Waals surface area (Å²) in [5.41, 5.74) is 6.30. The molecule has 2 unspecified atom stereocenters. The number of para-hydroxylation sites is 1. The van der Waals surface area contributed by atoms with Gasteiger partial charge in [-0.15, -0.1) is 12.4 Å². The maximum absolute atomic E-state index is 12.3. The van der Waals surface area contributed by atoms with Gasteiger partial charge >= 0.3 is 0 Å². The van der Waals surface area contributed by atoms with E-state index in [1.54, 1.807) is 6.92 Å². The molecule has 5 heteroatoms. The minimum atomic E-state index is -0.804. The molecule has 3 N–H and O–H groups in total. The van der Waals surface area contributed by atoms with Gasteiger partial charge in [-0.25, -0.2) is 0 Å². The Morgan fingerprint density at radius 2 is 2.20 bits per heavy atom. The van der Waals surface area contributed by atoms with Gasteiger partial charge in [-0.2, -0.15) is 0 Å². The molecule has 20 heavy (non-hydrogen) atoms. The lowest BCUT2D eigenvalue weighted by atomic mass is 9.94. The number of rotatable bonds is 4. The number of benzene rings is 1. The number of halogens is 1. The van der Waals surface area contributed by atoms with Gasteiger partial charge in [0, 0.05) is 12.0 Å². The van der Waals surface area contributed by atoms with Gasteiger partial charge in [0.25, 0.3) is 0 Å².